The van der Waals surface area contributed by atoms with E-state index in [-0.39, 0.29) is 27.1 Å². The van der Waals surface area contributed by atoms with Crippen LogP contribution in [0.5, 0.6) is 0 Å². The van der Waals surface area contributed by atoms with Crippen LogP contribution in [0.15, 0.2) is 48.5 Å². The van der Waals surface area contributed by atoms with Gasteiger partial charge in [-0.1, -0.05) is 11.3 Å². The van der Waals surface area contributed by atoms with Crippen LogP contribution < -0.4 is 16.4 Å². The molecule has 2 aromatic carbocycles. The number of thiazole rings is 1. The van der Waals surface area contributed by atoms with Gasteiger partial charge in [-0.2, -0.15) is 0 Å². The van der Waals surface area contributed by atoms with Crippen LogP contribution in [0.1, 0.15) is 22.2 Å². The first-order valence-electron chi connectivity index (χ1n) is 8.58. The van der Waals surface area contributed by atoms with E-state index in [1.807, 2.05) is 0 Å². The van der Waals surface area contributed by atoms with E-state index in [1.165, 1.54) is 53.4 Å². The zero-order valence-electron chi connectivity index (χ0n) is 15.6. The van der Waals surface area contributed by atoms with Crippen LogP contribution in [0.3, 0.4) is 0 Å². The van der Waals surface area contributed by atoms with Crippen molar-refractivity contribution >= 4 is 45.4 Å². The summed E-state index contributed by atoms with van der Waals surface area (Å²) >= 11 is 0.931. The number of hydrogen-bond donors (Lipinski definition) is 2. The monoisotopic (exact) mass is 429 g/mol. The maximum Gasteiger partial charge on any atom is 0.269 e. The smallest absolute Gasteiger partial charge is 0.269 e. The van der Waals surface area contributed by atoms with Crippen molar-refractivity contribution in [3.05, 3.63) is 74.9 Å². The second kappa shape index (κ2) is 8.25. The minimum atomic E-state index is -0.858. The minimum Gasteiger partial charge on any atom is -0.382 e. The quantitative estimate of drug-likeness (QED) is 0.333. The number of anilines is 3. The summed E-state index contributed by atoms with van der Waals surface area (Å²) < 4.78 is 13.3. The number of nitro groups is 1. The predicted octanol–water partition coefficient (Wildman–Crippen LogP) is 3.02. The second-order valence-electron chi connectivity index (χ2n) is 6.27. The zero-order valence-corrected chi connectivity index (χ0v) is 16.4. The molecule has 1 heterocycles. The Morgan fingerprint density at radius 1 is 1.17 bits per heavy atom. The lowest BCUT2D eigenvalue weighted by molar-refractivity contribution is -0.384. The largest absolute Gasteiger partial charge is 0.382 e. The molecule has 30 heavy (non-hydrogen) atoms. The summed E-state index contributed by atoms with van der Waals surface area (Å²) in [6.45, 7) is 1.54. The van der Waals surface area contributed by atoms with Crippen LogP contribution in [0.2, 0.25) is 0 Å². The summed E-state index contributed by atoms with van der Waals surface area (Å²) in [6, 6.07) is 9.55. The van der Waals surface area contributed by atoms with Gasteiger partial charge in [-0.25, -0.2) is 9.37 Å². The number of hydrogen-bond acceptors (Lipinski definition) is 8. The maximum atomic E-state index is 13.3. The summed E-state index contributed by atoms with van der Waals surface area (Å²) in [5.41, 5.74) is 11.9. The topological polar surface area (TPSA) is 145 Å². The number of primary amides is 1. The van der Waals surface area contributed by atoms with Crippen LogP contribution in [0.25, 0.3) is 0 Å². The van der Waals surface area contributed by atoms with E-state index >= 15 is 0 Å². The number of rotatable bonds is 7. The number of nitrogen functional groups attached to an aromatic ring is 1. The van der Waals surface area contributed by atoms with Gasteiger partial charge >= 0.3 is 0 Å². The Hall–Kier alpha value is -3.86. The third-order valence-electron chi connectivity index (χ3n) is 4.30. The standard InChI is InChI=1S/C19H16FN5O4S/c1-10(18(22)27)24(13-8-4-12(20)5-9-13)19-23-17(21)16(30-19)15(26)11-2-6-14(7-3-11)25(28)29/h2-10H,21H2,1H3,(H2,22,27)/t10-/m1/s1. The highest BCUT2D eigenvalue weighted by atomic mass is 32.1. The molecule has 0 radical (unpaired) electrons. The van der Waals surface area contributed by atoms with Crippen molar-refractivity contribution in [1.82, 2.24) is 4.98 Å². The number of nitrogens with two attached hydrogens (primary N) is 2. The highest BCUT2D eigenvalue weighted by molar-refractivity contribution is 7.18. The number of benzene rings is 2. The molecule has 154 valence electrons. The van der Waals surface area contributed by atoms with Crippen molar-refractivity contribution < 1.29 is 18.9 Å². The molecule has 0 unspecified atom stereocenters. The van der Waals surface area contributed by atoms with Crippen molar-refractivity contribution in [2.45, 2.75) is 13.0 Å². The van der Waals surface area contributed by atoms with Crippen molar-refractivity contribution in [2.24, 2.45) is 5.73 Å². The van der Waals surface area contributed by atoms with E-state index in [9.17, 15) is 24.1 Å². The highest BCUT2D eigenvalue weighted by Gasteiger charge is 2.27. The Kier molecular flexibility index (Phi) is 5.74. The van der Waals surface area contributed by atoms with Gasteiger partial charge in [-0.15, -0.1) is 0 Å². The molecule has 0 spiro atoms. The lowest BCUT2D eigenvalue weighted by atomic mass is 10.1. The maximum absolute atomic E-state index is 13.3. The number of nitro benzene ring substituents is 1. The van der Waals surface area contributed by atoms with E-state index in [2.05, 4.69) is 4.98 Å². The fraction of sp³-hybridized carbons (Fsp3) is 0.105. The Morgan fingerprint density at radius 3 is 2.30 bits per heavy atom. The SMILES string of the molecule is C[C@H](C(N)=O)N(c1ccc(F)cc1)c1nc(N)c(C(=O)c2ccc([N+](=O)[O-])cc2)s1. The summed E-state index contributed by atoms with van der Waals surface area (Å²) in [5, 5.41) is 11.0. The molecule has 0 saturated heterocycles. The summed E-state index contributed by atoms with van der Waals surface area (Å²) in [4.78, 5) is 40.6. The molecule has 3 rings (SSSR count). The molecule has 0 aliphatic carbocycles. The van der Waals surface area contributed by atoms with Gasteiger partial charge in [-0.05, 0) is 43.3 Å². The molecule has 0 fully saturated rings. The molecular weight excluding hydrogens is 413 g/mol. The number of amides is 1. The van der Waals surface area contributed by atoms with Crippen LogP contribution in [0.4, 0.5) is 26.7 Å². The molecule has 11 heteroatoms. The van der Waals surface area contributed by atoms with Gasteiger partial charge in [0.05, 0.1) is 4.92 Å². The Bertz CT molecular complexity index is 1110. The fourth-order valence-electron chi connectivity index (χ4n) is 2.68. The first kappa shape index (κ1) is 20.9. The summed E-state index contributed by atoms with van der Waals surface area (Å²) in [6.07, 6.45) is 0. The average Bonchev–Trinajstić information content (AvgIpc) is 3.10. The average molecular weight is 429 g/mol. The van der Waals surface area contributed by atoms with E-state index < -0.39 is 28.5 Å². The minimum absolute atomic E-state index is 0.0675. The van der Waals surface area contributed by atoms with Crippen LogP contribution in [-0.4, -0.2) is 27.6 Å². The van der Waals surface area contributed by atoms with E-state index in [4.69, 9.17) is 11.5 Å². The number of halogens is 1. The molecule has 0 aliphatic heterocycles. The van der Waals surface area contributed by atoms with E-state index in [0.717, 1.165) is 11.3 Å². The van der Waals surface area contributed by atoms with Crippen molar-refractivity contribution in [3.63, 3.8) is 0 Å². The number of nitrogens with zero attached hydrogens (tertiary/aromatic N) is 3. The number of non-ortho nitro benzene ring substituents is 1. The van der Waals surface area contributed by atoms with Gasteiger partial charge in [0.2, 0.25) is 11.7 Å². The van der Waals surface area contributed by atoms with Crippen LogP contribution in [-0.2, 0) is 4.79 Å². The molecular formula is C19H16FN5O4S. The molecule has 4 N–H and O–H groups in total. The summed E-state index contributed by atoms with van der Waals surface area (Å²) in [7, 11) is 0. The van der Waals surface area contributed by atoms with Gasteiger partial charge in [-0.3, -0.25) is 19.7 Å². The number of ketones is 1. The van der Waals surface area contributed by atoms with E-state index in [1.54, 1.807) is 6.92 Å². The normalized spacial score (nSPS) is 11.7. The number of carbonyl (C=O) groups is 2. The van der Waals surface area contributed by atoms with Gasteiger partial charge < -0.3 is 16.4 Å². The van der Waals surface area contributed by atoms with Gasteiger partial charge in [0, 0.05) is 23.4 Å². The third kappa shape index (κ3) is 4.10. The Balaban J connectivity index is 2.00. The molecule has 0 bridgehead atoms. The molecule has 1 amide bonds. The zero-order chi connectivity index (χ0) is 22.0. The third-order valence-corrected chi connectivity index (χ3v) is 5.37. The van der Waals surface area contributed by atoms with E-state index in [0.29, 0.717) is 5.69 Å². The van der Waals surface area contributed by atoms with Gasteiger partial charge in [0.1, 0.15) is 22.6 Å². The Labute approximate surface area is 173 Å². The highest BCUT2D eigenvalue weighted by Crippen LogP contribution is 2.36. The molecule has 9 nitrogen and oxygen atoms in total. The number of aromatic nitrogens is 1. The van der Waals surface area contributed by atoms with Crippen LogP contribution >= 0.6 is 11.3 Å². The van der Waals surface area contributed by atoms with Crippen LogP contribution in [0, 0.1) is 15.9 Å². The first-order chi connectivity index (χ1) is 14.2. The molecule has 1 atom stereocenters. The second-order valence-corrected chi connectivity index (χ2v) is 7.25. The predicted molar refractivity (Wildman–Crippen MR) is 110 cm³/mol. The number of carbonyl (C=O) groups excluding carboxylic acids is 2. The molecule has 3 aromatic rings. The van der Waals surface area contributed by atoms with Crippen molar-refractivity contribution in [2.75, 3.05) is 10.6 Å². The lowest BCUT2D eigenvalue weighted by Crippen LogP contribution is -2.39. The molecule has 1 aromatic heterocycles. The summed E-state index contributed by atoms with van der Waals surface area (Å²) in [5.74, 6) is -1.66. The van der Waals surface area contributed by atoms with Crippen molar-refractivity contribution in [3.8, 4) is 0 Å². The lowest BCUT2D eigenvalue weighted by Gasteiger charge is -2.26. The Morgan fingerprint density at radius 2 is 1.77 bits per heavy atom. The first-order valence-corrected chi connectivity index (χ1v) is 9.40. The van der Waals surface area contributed by atoms with Gasteiger partial charge in [0.15, 0.2) is 5.13 Å². The molecule has 0 saturated carbocycles. The fourth-order valence-corrected chi connectivity index (χ4v) is 3.73. The molecule has 0 aliphatic rings. The van der Waals surface area contributed by atoms with Crippen molar-refractivity contribution in [1.29, 1.82) is 0 Å². The van der Waals surface area contributed by atoms with Gasteiger partial charge in [0.25, 0.3) is 5.69 Å².